The minimum Gasteiger partial charge on any atom is -0.326 e. The number of benzene rings is 1. The molecule has 0 spiro atoms. The summed E-state index contributed by atoms with van der Waals surface area (Å²) in [7, 11) is -3.78. The van der Waals surface area contributed by atoms with Crippen LogP contribution in [0.1, 0.15) is 17.5 Å². The summed E-state index contributed by atoms with van der Waals surface area (Å²) in [6, 6.07) is 2.43. The van der Waals surface area contributed by atoms with Crippen molar-refractivity contribution in [2.24, 2.45) is 5.73 Å². The Morgan fingerprint density at radius 1 is 1.33 bits per heavy atom. The van der Waals surface area contributed by atoms with Gasteiger partial charge in [0.15, 0.2) is 0 Å². The molecule has 0 aromatic heterocycles. The van der Waals surface area contributed by atoms with Gasteiger partial charge in [-0.05, 0) is 37.1 Å². The monoisotopic (exact) mass is 344 g/mol. The summed E-state index contributed by atoms with van der Waals surface area (Å²) in [6.07, 6.45) is -3.93. The Morgan fingerprint density at radius 2 is 1.95 bits per heavy atom. The normalized spacial score (nSPS) is 20.3. The number of aryl methyl sites for hydroxylation is 1. The largest absolute Gasteiger partial charge is 0.416 e. The summed E-state index contributed by atoms with van der Waals surface area (Å²) in [5.74, 6) is 0. The fourth-order valence-corrected chi connectivity index (χ4v) is 3.94. The Hall–Kier alpha value is -0.830. The Bertz CT molecular complexity index is 619. The van der Waals surface area contributed by atoms with E-state index in [1.54, 1.807) is 0 Å². The summed E-state index contributed by atoms with van der Waals surface area (Å²) < 4.78 is 63.6. The highest BCUT2D eigenvalue weighted by Gasteiger charge is 2.34. The Balaban J connectivity index is 0.00000220. The van der Waals surface area contributed by atoms with Crippen LogP contribution in [0, 0.1) is 6.92 Å². The van der Waals surface area contributed by atoms with Gasteiger partial charge in [-0.1, -0.05) is 0 Å². The lowest BCUT2D eigenvalue weighted by Gasteiger charge is -2.18. The first-order valence-electron chi connectivity index (χ1n) is 6.06. The summed E-state index contributed by atoms with van der Waals surface area (Å²) in [5, 5.41) is 0. The maximum Gasteiger partial charge on any atom is 0.416 e. The van der Waals surface area contributed by atoms with Crippen molar-refractivity contribution >= 4 is 22.4 Å². The molecule has 0 saturated carbocycles. The molecule has 0 radical (unpaired) electrons. The summed E-state index contributed by atoms with van der Waals surface area (Å²) in [5.41, 5.74) is 4.89. The molecular formula is C12H16ClF3N2O2S. The lowest BCUT2D eigenvalue weighted by atomic mass is 10.1. The number of halogens is 4. The van der Waals surface area contributed by atoms with Gasteiger partial charge >= 0.3 is 6.18 Å². The van der Waals surface area contributed by atoms with E-state index in [2.05, 4.69) is 0 Å². The second kappa shape index (κ2) is 6.12. The smallest absolute Gasteiger partial charge is 0.326 e. The summed E-state index contributed by atoms with van der Waals surface area (Å²) >= 11 is 0. The topological polar surface area (TPSA) is 63.4 Å². The summed E-state index contributed by atoms with van der Waals surface area (Å²) in [6.45, 7) is 1.85. The molecule has 0 amide bonds. The third-order valence-corrected chi connectivity index (χ3v) is 5.33. The van der Waals surface area contributed by atoms with E-state index in [9.17, 15) is 21.6 Å². The predicted octanol–water partition coefficient (Wildman–Crippen LogP) is 2.16. The van der Waals surface area contributed by atoms with Crippen LogP contribution in [0.4, 0.5) is 13.2 Å². The molecule has 9 heteroatoms. The standard InChI is InChI=1S/C12H15F3N2O2S.ClH/c1-8-6-9(12(13,14)15)2-3-11(8)20(18,19)17-5-4-10(16)7-17;/h2-3,6,10H,4-5,7,16H2,1H3;1H. The maximum absolute atomic E-state index is 12.6. The molecular weight excluding hydrogens is 329 g/mol. The molecule has 2 rings (SSSR count). The SMILES string of the molecule is Cc1cc(C(F)(F)F)ccc1S(=O)(=O)N1CCC(N)C1.Cl. The highest BCUT2D eigenvalue weighted by molar-refractivity contribution is 7.89. The highest BCUT2D eigenvalue weighted by atomic mass is 35.5. The van der Waals surface area contributed by atoms with Crippen molar-refractivity contribution in [1.29, 1.82) is 0 Å². The van der Waals surface area contributed by atoms with E-state index in [1.165, 1.54) is 11.2 Å². The van der Waals surface area contributed by atoms with Gasteiger partial charge in [0.25, 0.3) is 0 Å². The lowest BCUT2D eigenvalue weighted by molar-refractivity contribution is -0.137. The van der Waals surface area contributed by atoms with E-state index in [0.29, 0.717) is 13.0 Å². The quantitative estimate of drug-likeness (QED) is 0.894. The minimum absolute atomic E-state index is 0. The van der Waals surface area contributed by atoms with Gasteiger partial charge in [-0.25, -0.2) is 8.42 Å². The molecule has 1 aliphatic heterocycles. The molecule has 4 nitrogen and oxygen atoms in total. The van der Waals surface area contributed by atoms with Gasteiger partial charge < -0.3 is 5.73 Å². The first-order valence-corrected chi connectivity index (χ1v) is 7.50. The molecule has 1 heterocycles. The van der Waals surface area contributed by atoms with Gasteiger partial charge in [0.2, 0.25) is 10.0 Å². The minimum atomic E-state index is -4.48. The zero-order chi connectivity index (χ0) is 15.1. The molecule has 120 valence electrons. The van der Waals surface area contributed by atoms with E-state index in [1.807, 2.05) is 0 Å². The molecule has 21 heavy (non-hydrogen) atoms. The van der Waals surface area contributed by atoms with Crippen LogP contribution in [-0.4, -0.2) is 31.9 Å². The number of nitrogens with two attached hydrogens (primary N) is 1. The number of nitrogens with zero attached hydrogens (tertiary/aromatic N) is 1. The second-order valence-corrected chi connectivity index (χ2v) is 6.80. The van der Waals surface area contributed by atoms with Crippen molar-refractivity contribution in [3.05, 3.63) is 29.3 Å². The average molecular weight is 345 g/mol. The van der Waals surface area contributed by atoms with Crippen molar-refractivity contribution in [2.45, 2.75) is 30.5 Å². The van der Waals surface area contributed by atoms with E-state index in [-0.39, 0.29) is 35.5 Å². The van der Waals surface area contributed by atoms with Crippen LogP contribution in [0.2, 0.25) is 0 Å². The van der Waals surface area contributed by atoms with Crippen LogP contribution < -0.4 is 5.73 Å². The number of hydrogen-bond acceptors (Lipinski definition) is 3. The van der Waals surface area contributed by atoms with Gasteiger partial charge in [-0.2, -0.15) is 17.5 Å². The fourth-order valence-electron chi connectivity index (χ4n) is 2.23. The molecule has 0 bridgehead atoms. The molecule has 1 saturated heterocycles. The Kier molecular flexibility index (Phi) is 5.31. The first-order chi connectivity index (χ1) is 9.12. The molecule has 1 aliphatic rings. The zero-order valence-corrected chi connectivity index (χ0v) is 12.9. The van der Waals surface area contributed by atoms with Crippen LogP contribution in [0.25, 0.3) is 0 Å². The Labute approximate surface area is 127 Å². The molecule has 0 aliphatic carbocycles. The second-order valence-electron chi connectivity index (χ2n) is 4.89. The van der Waals surface area contributed by atoms with Crippen LogP contribution in [0.3, 0.4) is 0 Å². The predicted molar refractivity (Wildman–Crippen MR) is 74.8 cm³/mol. The summed E-state index contributed by atoms with van der Waals surface area (Å²) in [4.78, 5) is -0.0976. The third-order valence-electron chi connectivity index (χ3n) is 3.31. The van der Waals surface area contributed by atoms with Crippen molar-refractivity contribution in [1.82, 2.24) is 4.31 Å². The van der Waals surface area contributed by atoms with E-state index in [4.69, 9.17) is 5.73 Å². The van der Waals surface area contributed by atoms with Crippen molar-refractivity contribution in [3.8, 4) is 0 Å². The maximum atomic E-state index is 12.6. The van der Waals surface area contributed by atoms with Crippen LogP contribution >= 0.6 is 12.4 Å². The Morgan fingerprint density at radius 3 is 2.38 bits per heavy atom. The van der Waals surface area contributed by atoms with Crippen LogP contribution in [0.5, 0.6) is 0 Å². The van der Waals surface area contributed by atoms with E-state index in [0.717, 1.165) is 18.2 Å². The van der Waals surface area contributed by atoms with E-state index < -0.39 is 21.8 Å². The van der Waals surface area contributed by atoms with E-state index >= 15 is 0 Å². The van der Waals surface area contributed by atoms with Gasteiger partial charge in [0.05, 0.1) is 10.5 Å². The first kappa shape index (κ1) is 18.2. The van der Waals surface area contributed by atoms with Gasteiger partial charge in [-0.15, -0.1) is 12.4 Å². The lowest BCUT2D eigenvalue weighted by Crippen LogP contribution is -2.32. The number of sulfonamides is 1. The zero-order valence-electron chi connectivity index (χ0n) is 11.2. The van der Waals surface area contributed by atoms with Crippen molar-refractivity contribution < 1.29 is 21.6 Å². The van der Waals surface area contributed by atoms with Gasteiger partial charge in [0.1, 0.15) is 0 Å². The number of alkyl halides is 3. The highest BCUT2D eigenvalue weighted by Crippen LogP contribution is 2.32. The molecule has 1 unspecified atom stereocenters. The molecule has 1 atom stereocenters. The molecule has 2 N–H and O–H groups in total. The fraction of sp³-hybridized carbons (Fsp3) is 0.500. The van der Waals surface area contributed by atoms with Crippen LogP contribution in [-0.2, 0) is 16.2 Å². The third kappa shape index (κ3) is 3.68. The van der Waals surface area contributed by atoms with Crippen molar-refractivity contribution in [3.63, 3.8) is 0 Å². The van der Waals surface area contributed by atoms with Crippen LogP contribution in [0.15, 0.2) is 23.1 Å². The average Bonchev–Trinajstić information content (AvgIpc) is 2.75. The number of hydrogen-bond donors (Lipinski definition) is 1. The van der Waals surface area contributed by atoms with Crippen molar-refractivity contribution in [2.75, 3.05) is 13.1 Å². The molecule has 1 aromatic rings. The molecule has 1 aromatic carbocycles. The van der Waals surface area contributed by atoms with Gasteiger partial charge in [-0.3, -0.25) is 0 Å². The molecule has 1 fully saturated rings. The number of rotatable bonds is 2. The van der Waals surface area contributed by atoms with Gasteiger partial charge in [0, 0.05) is 19.1 Å².